The van der Waals surface area contributed by atoms with Crippen molar-refractivity contribution in [2.24, 2.45) is 0 Å². The highest BCUT2D eigenvalue weighted by Gasteiger charge is 2.19. The molecule has 0 spiro atoms. The number of unbranched alkanes of at least 4 members (excludes halogenated alkanes) is 18. The van der Waals surface area contributed by atoms with Crippen molar-refractivity contribution in [3.63, 3.8) is 0 Å². The van der Waals surface area contributed by atoms with Gasteiger partial charge in [0, 0.05) is 19.3 Å². The summed E-state index contributed by atoms with van der Waals surface area (Å²) in [5.41, 5.74) is 0. The van der Waals surface area contributed by atoms with Gasteiger partial charge in [-0.3, -0.25) is 14.4 Å². The number of carbonyl (C=O) groups is 3. The Balaban J connectivity index is 4.50. The molecule has 0 bridgehead atoms. The van der Waals surface area contributed by atoms with E-state index in [9.17, 15) is 14.4 Å². The predicted molar refractivity (Wildman–Crippen MR) is 260 cm³/mol. The zero-order valence-corrected chi connectivity index (χ0v) is 39.4. The normalized spacial score (nSPS) is 12.9. The van der Waals surface area contributed by atoms with E-state index in [0.717, 1.165) is 128 Å². The quantitative estimate of drug-likeness (QED) is 0.0200. The van der Waals surface area contributed by atoms with Gasteiger partial charge in [-0.25, -0.2) is 0 Å². The number of hydrogen-bond donors (Lipinski definition) is 0. The summed E-state index contributed by atoms with van der Waals surface area (Å²) in [5, 5.41) is 0. The van der Waals surface area contributed by atoms with Crippen molar-refractivity contribution in [3.05, 3.63) is 97.2 Å². The van der Waals surface area contributed by atoms with E-state index in [4.69, 9.17) is 14.2 Å². The van der Waals surface area contributed by atoms with Gasteiger partial charge in [0.25, 0.3) is 0 Å². The molecule has 0 aromatic heterocycles. The number of rotatable bonds is 43. The van der Waals surface area contributed by atoms with E-state index in [-0.39, 0.29) is 31.1 Å². The fourth-order valence-corrected chi connectivity index (χ4v) is 6.43. The average Bonchev–Trinajstić information content (AvgIpc) is 3.26. The summed E-state index contributed by atoms with van der Waals surface area (Å²) in [4.78, 5) is 37.9. The van der Waals surface area contributed by atoms with E-state index in [2.05, 4.69) is 118 Å². The fraction of sp³-hybridized carbons (Fsp3) is 0.655. The molecule has 0 amide bonds. The van der Waals surface area contributed by atoms with Crippen molar-refractivity contribution in [3.8, 4) is 0 Å². The number of hydrogen-bond acceptors (Lipinski definition) is 6. The van der Waals surface area contributed by atoms with Crippen LogP contribution in [0.25, 0.3) is 0 Å². The molecule has 0 aliphatic heterocycles. The minimum absolute atomic E-state index is 0.106. The van der Waals surface area contributed by atoms with Gasteiger partial charge in [-0.2, -0.15) is 0 Å². The number of carbonyl (C=O) groups excluding carboxylic acids is 3. The summed E-state index contributed by atoms with van der Waals surface area (Å²) in [5.74, 6) is -0.978. The van der Waals surface area contributed by atoms with Gasteiger partial charge in [-0.1, -0.05) is 189 Å². The van der Waals surface area contributed by atoms with Gasteiger partial charge in [0.05, 0.1) is 0 Å². The average molecular weight is 847 g/mol. The Hall–Kier alpha value is -3.67. The summed E-state index contributed by atoms with van der Waals surface area (Å²) in [6.45, 7) is 6.31. The molecule has 6 heteroatoms. The SMILES string of the molecule is CC/C=C/C=C/C=C/CCCCCCCC(=O)OCC(COC(=O)CCCCC/C=C/C/C=C/C/C=C/C/C=C/CC)OC(=O)CCCCC/C=C/CCCCCCCCC. The highest BCUT2D eigenvalue weighted by molar-refractivity contribution is 5.71. The second-order valence-corrected chi connectivity index (χ2v) is 16.0. The lowest BCUT2D eigenvalue weighted by Crippen LogP contribution is -2.30. The van der Waals surface area contributed by atoms with Gasteiger partial charge in [0.1, 0.15) is 13.2 Å². The van der Waals surface area contributed by atoms with Gasteiger partial charge in [0.15, 0.2) is 6.10 Å². The molecule has 0 aromatic carbocycles. The molecular formula is C55H90O6. The van der Waals surface area contributed by atoms with E-state index >= 15 is 0 Å². The van der Waals surface area contributed by atoms with Gasteiger partial charge in [0.2, 0.25) is 0 Å². The Morgan fingerprint density at radius 1 is 0.361 bits per heavy atom. The Morgan fingerprint density at radius 3 is 1.21 bits per heavy atom. The first-order valence-corrected chi connectivity index (χ1v) is 24.8. The second kappa shape index (κ2) is 49.0. The number of esters is 3. The zero-order valence-electron chi connectivity index (χ0n) is 39.4. The van der Waals surface area contributed by atoms with Crippen LogP contribution < -0.4 is 0 Å². The molecule has 6 nitrogen and oxygen atoms in total. The van der Waals surface area contributed by atoms with Crippen molar-refractivity contribution in [2.45, 2.75) is 219 Å². The van der Waals surface area contributed by atoms with Crippen LogP contribution in [0.5, 0.6) is 0 Å². The molecule has 346 valence electrons. The van der Waals surface area contributed by atoms with Gasteiger partial charge in [-0.05, 0) is 103 Å². The molecule has 0 rings (SSSR count). The maximum atomic E-state index is 12.8. The van der Waals surface area contributed by atoms with Gasteiger partial charge >= 0.3 is 17.9 Å². The zero-order chi connectivity index (χ0) is 44.4. The Bertz CT molecular complexity index is 1250. The summed E-state index contributed by atoms with van der Waals surface area (Å²) in [6, 6.07) is 0. The third-order valence-corrected chi connectivity index (χ3v) is 10.1. The fourth-order valence-electron chi connectivity index (χ4n) is 6.43. The largest absolute Gasteiger partial charge is 0.462 e. The van der Waals surface area contributed by atoms with Crippen molar-refractivity contribution < 1.29 is 28.6 Å². The molecule has 0 aliphatic carbocycles. The van der Waals surface area contributed by atoms with Crippen LogP contribution in [0.1, 0.15) is 213 Å². The highest BCUT2D eigenvalue weighted by Crippen LogP contribution is 2.13. The molecule has 0 saturated heterocycles. The van der Waals surface area contributed by atoms with Crippen LogP contribution in [0, 0.1) is 0 Å². The molecular weight excluding hydrogens is 757 g/mol. The van der Waals surface area contributed by atoms with Crippen molar-refractivity contribution in [1.82, 2.24) is 0 Å². The van der Waals surface area contributed by atoms with E-state index in [1.54, 1.807) is 0 Å². The standard InChI is InChI=1S/C55H90O6/c1-4-7-10-13-16-19-22-25-27-28-31-33-36-39-42-45-48-54(57)60-51-52(50-59-53(56)47-44-41-38-35-32-29-24-21-18-15-12-9-6-3)61-55(58)49-46-43-40-37-34-30-26-23-20-17-14-11-8-5-2/h7,9-10,12,15-16,18-19,21,24-25,27,30-31,33-34,52H,4-6,8,11,13-14,17,20,22-23,26,28-29,32,35-51H2,1-3H3/b10-7+,12-9+,18-15+,19-16+,24-21+,27-25+,33-31+,34-30+. The first-order valence-electron chi connectivity index (χ1n) is 24.8. The van der Waals surface area contributed by atoms with Crippen LogP contribution in [0.4, 0.5) is 0 Å². The summed E-state index contributed by atoms with van der Waals surface area (Å²) in [7, 11) is 0. The van der Waals surface area contributed by atoms with Gasteiger partial charge in [-0.15, -0.1) is 0 Å². The lowest BCUT2D eigenvalue weighted by molar-refractivity contribution is -0.167. The van der Waals surface area contributed by atoms with E-state index in [1.807, 2.05) is 0 Å². The summed E-state index contributed by atoms with van der Waals surface area (Å²) < 4.78 is 16.7. The lowest BCUT2D eigenvalue weighted by atomic mass is 10.1. The van der Waals surface area contributed by atoms with E-state index in [1.165, 1.54) is 44.9 Å². The third kappa shape index (κ3) is 47.2. The molecule has 1 atom stereocenters. The lowest BCUT2D eigenvalue weighted by Gasteiger charge is -2.18. The summed E-state index contributed by atoms with van der Waals surface area (Å²) >= 11 is 0. The molecule has 0 heterocycles. The maximum Gasteiger partial charge on any atom is 0.306 e. The first kappa shape index (κ1) is 57.3. The van der Waals surface area contributed by atoms with Crippen LogP contribution >= 0.6 is 0 Å². The Morgan fingerprint density at radius 2 is 0.721 bits per heavy atom. The molecule has 0 radical (unpaired) electrons. The van der Waals surface area contributed by atoms with Crippen LogP contribution in [0.15, 0.2) is 97.2 Å². The monoisotopic (exact) mass is 847 g/mol. The smallest absolute Gasteiger partial charge is 0.306 e. The van der Waals surface area contributed by atoms with Crippen LogP contribution in [0.2, 0.25) is 0 Å². The minimum atomic E-state index is -0.807. The van der Waals surface area contributed by atoms with Crippen LogP contribution in [-0.2, 0) is 28.6 Å². The van der Waals surface area contributed by atoms with Crippen molar-refractivity contribution in [2.75, 3.05) is 13.2 Å². The molecule has 61 heavy (non-hydrogen) atoms. The van der Waals surface area contributed by atoms with E-state index in [0.29, 0.717) is 19.3 Å². The van der Waals surface area contributed by atoms with Gasteiger partial charge < -0.3 is 14.2 Å². The molecule has 0 aromatic rings. The molecule has 0 N–H and O–H groups in total. The minimum Gasteiger partial charge on any atom is -0.462 e. The van der Waals surface area contributed by atoms with Crippen molar-refractivity contribution >= 4 is 17.9 Å². The first-order chi connectivity index (χ1) is 30.0. The van der Waals surface area contributed by atoms with Crippen LogP contribution in [0.3, 0.4) is 0 Å². The topological polar surface area (TPSA) is 78.9 Å². The molecule has 1 unspecified atom stereocenters. The number of ether oxygens (including phenoxy) is 3. The van der Waals surface area contributed by atoms with Crippen molar-refractivity contribution in [1.29, 1.82) is 0 Å². The Labute approximate surface area is 375 Å². The third-order valence-electron chi connectivity index (χ3n) is 10.1. The van der Waals surface area contributed by atoms with E-state index < -0.39 is 6.10 Å². The molecule has 0 saturated carbocycles. The number of allylic oxidation sites excluding steroid dienone is 16. The maximum absolute atomic E-state index is 12.8. The van der Waals surface area contributed by atoms with Crippen LogP contribution in [-0.4, -0.2) is 37.2 Å². The second-order valence-electron chi connectivity index (χ2n) is 16.0. The molecule has 0 fully saturated rings. The predicted octanol–water partition coefficient (Wildman–Crippen LogP) is 16.2. The molecule has 0 aliphatic rings. The Kier molecular flexibility index (Phi) is 46.0. The summed E-state index contributed by atoms with van der Waals surface area (Å²) in [6.07, 6.45) is 63.9. The highest BCUT2D eigenvalue weighted by atomic mass is 16.6.